The first kappa shape index (κ1) is 12.0. The van der Waals surface area contributed by atoms with Crippen LogP contribution in [0.15, 0.2) is 35.5 Å². The fourth-order valence-corrected chi connectivity index (χ4v) is 1.17. The zero-order valence-electron chi connectivity index (χ0n) is 9.10. The van der Waals surface area contributed by atoms with Crippen LogP contribution in [0.4, 0.5) is 0 Å². The third kappa shape index (κ3) is 3.58. The second kappa shape index (κ2) is 6.41. The summed E-state index contributed by atoms with van der Waals surface area (Å²) in [6, 6.07) is 9.03. The van der Waals surface area contributed by atoms with E-state index < -0.39 is 0 Å². The summed E-state index contributed by atoms with van der Waals surface area (Å²) in [6.45, 7) is 1.91. The first-order chi connectivity index (χ1) is 7.77. The molecule has 0 aliphatic carbocycles. The molecule has 0 fully saturated rings. The highest BCUT2D eigenvalue weighted by Crippen LogP contribution is 2.00. The van der Waals surface area contributed by atoms with Crippen molar-refractivity contribution in [1.29, 1.82) is 0 Å². The Morgan fingerprint density at radius 3 is 2.56 bits per heavy atom. The highest BCUT2D eigenvalue weighted by molar-refractivity contribution is 6.15. The number of carbonyl (C=O) groups is 1. The molecular formula is C13H13NO2. The summed E-state index contributed by atoms with van der Waals surface area (Å²) in [6.07, 6.45) is 1.20. The van der Waals surface area contributed by atoms with Gasteiger partial charge in [0.2, 0.25) is 5.78 Å². The lowest BCUT2D eigenvalue weighted by atomic mass is 10.1. The van der Waals surface area contributed by atoms with Gasteiger partial charge in [0.05, 0.1) is 0 Å². The molecule has 3 heteroatoms. The average Bonchev–Trinajstić information content (AvgIpc) is 2.31. The molecule has 0 amide bonds. The van der Waals surface area contributed by atoms with Crippen LogP contribution in [0.1, 0.15) is 25.3 Å². The number of benzene rings is 1. The molecule has 1 N–H and O–H groups in total. The summed E-state index contributed by atoms with van der Waals surface area (Å²) < 4.78 is 0. The number of hydrogen-bond donors (Lipinski definition) is 1. The Balaban J connectivity index is 2.82. The summed E-state index contributed by atoms with van der Waals surface area (Å²) in [4.78, 5) is 11.2. The number of hydrogen-bond acceptors (Lipinski definition) is 3. The van der Waals surface area contributed by atoms with Crippen LogP contribution in [-0.2, 0) is 4.79 Å². The van der Waals surface area contributed by atoms with E-state index in [-0.39, 0.29) is 11.5 Å². The van der Waals surface area contributed by atoms with Gasteiger partial charge in [0.1, 0.15) is 0 Å². The van der Waals surface area contributed by atoms with Gasteiger partial charge in [0.25, 0.3) is 0 Å². The van der Waals surface area contributed by atoms with Crippen molar-refractivity contribution < 1.29 is 10.0 Å². The summed E-state index contributed by atoms with van der Waals surface area (Å²) in [5, 5.41) is 11.9. The van der Waals surface area contributed by atoms with Crippen LogP contribution in [0.25, 0.3) is 0 Å². The van der Waals surface area contributed by atoms with Gasteiger partial charge in [-0.2, -0.15) is 0 Å². The van der Waals surface area contributed by atoms with E-state index in [4.69, 9.17) is 5.21 Å². The van der Waals surface area contributed by atoms with Crippen molar-refractivity contribution in [2.75, 3.05) is 0 Å². The maximum atomic E-state index is 11.2. The van der Waals surface area contributed by atoms with Crippen LogP contribution in [0.2, 0.25) is 0 Å². The van der Waals surface area contributed by atoms with Crippen molar-refractivity contribution >= 4 is 11.5 Å². The largest absolute Gasteiger partial charge is 0.410 e. The minimum absolute atomic E-state index is 0.139. The van der Waals surface area contributed by atoms with Crippen LogP contribution in [0.5, 0.6) is 0 Å². The second-order valence-corrected chi connectivity index (χ2v) is 3.24. The molecule has 16 heavy (non-hydrogen) atoms. The van der Waals surface area contributed by atoms with Crippen LogP contribution < -0.4 is 0 Å². The van der Waals surface area contributed by atoms with Gasteiger partial charge in [-0.05, 0) is 18.3 Å². The molecule has 0 radical (unpaired) electrons. The van der Waals surface area contributed by atoms with Gasteiger partial charge in [0, 0.05) is 12.0 Å². The minimum Gasteiger partial charge on any atom is -0.410 e. The predicted molar refractivity (Wildman–Crippen MR) is 62.5 cm³/mol. The maximum absolute atomic E-state index is 11.2. The summed E-state index contributed by atoms with van der Waals surface area (Å²) in [5.74, 6) is 4.88. The van der Waals surface area contributed by atoms with Gasteiger partial charge < -0.3 is 5.21 Å². The molecule has 0 aromatic heterocycles. The molecule has 0 aliphatic rings. The average molecular weight is 215 g/mol. The first-order valence-corrected chi connectivity index (χ1v) is 5.10. The van der Waals surface area contributed by atoms with Gasteiger partial charge in [-0.3, -0.25) is 4.79 Å². The van der Waals surface area contributed by atoms with Crippen molar-refractivity contribution in [1.82, 2.24) is 0 Å². The van der Waals surface area contributed by atoms with Crippen molar-refractivity contribution in [3.8, 4) is 11.8 Å². The highest BCUT2D eigenvalue weighted by atomic mass is 16.4. The number of rotatable bonds is 3. The second-order valence-electron chi connectivity index (χ2n) is 3.24. The van der Waals surface area contributed by atoms with Gasteiger partial charge in [-0.25, -0.2) is 0 Å². The lowest BCUT2D eigenvalue weighted by molar-refractivity contribution is -0.113. The predicted octanol–water partition coefficient (Wildman–Crippen LogP) is 2.24. The molecule has 0 unspecified atom stereocenters. The lowest BCUT2D eigenvalue weighted by Gasteiger charge is -1.94. The molecule has 0 heterocycles. The number of oxime groups is 1. The molecule has 0 saturated carbocycles. The fourth-order valence-electron chi connectivity index (χ4n) is 1.17. The van der Waals surface area contributed by atoms with Crippen LogP contribution in [-0.4, -0.2) is 16.7 Å². The molecule has 0 atom stereocenters. The van der Waals surface area contributed by atoms with Gasteiger partial charge in [0.15, 0.2) is 5.71 Å². The summed E-state index contributed by atoms with van der Waals surface area (Å²) >= 11 is 0. The third-order valence-electron chi connectivity index (χ3n) is 1.94. The Morgan fingerprint density at radius 1 is 1.31 bits per heavy atom. The number of carbonyl (C=O) groups excluding carboxylic acids is 1. The topological polar surface area (TPSA) is 49.7 Å². The van der Waals surface area contributed by atoms with Crippen molar-refractivity contribution in [2.45, 2.75) is 19.8 Å². The van der Waals surface area contributed by atoms with E-state index in [2.05, 4.69) is 17.0 Å². The zero-order valence-corrected chi connectivity index (χ0v) is 9.10. The Morgan fingerprint density at radius 2 is 2.00 bits per heavy atom. The summed E-state index contributed by atoms with van der Waals surface area (Å²) in [7, 11) is 0. The number of nitrogens with zero attached hydrogens (tertiary/aromatic N) is 1. The van der Waals surface area contributed by atoms with E-state index >= 15 is 0 Å². The fraction of sp³-hybridized carbons (Fsp3) is 0.231. The molecule has 3 nitrogen and oxygen atoms in total. The van der Waals surface area contributed by atoms with E-state index in [1.165, 1.54) is 0 Å². The smallest absolute Gasteiger partial charge is 0.205 e. The Bertz CT molecular complexity index is 438. The van der Waals surface area contributed by atoms with E-state index in [0.29, 0.717) is 12.0 Å². The molecule has 0 spiro atoms. The standard InChI is InChI=1S/C13H13NO2/c1-2-6-12(15)9-10-13(14-16)11-7-4-3-5-8-11/h3-5,7-8,16H,2,6H2,1H3/b14-13+. The van der Waals surface area contributed by atoms with Crippen LogP contribution in [0.3, 0.4) is 0 Å². The van der Waals surface area contributed by atoms with Gasteiger partial charge >= 0.3 is 0 Å². The van der Waals surface area contributed by atoms with Crippen molar-refractivity contribution in [2.24, 2.45) is 5.16 Å². The minimum atomic E-state index is -0.139. The van der Waals surface area contributed by atoms with Crippen molar-refractivity contribution in [3.63, 3.8) is 0 Å². The monoisotopic (exact) mass is 215 g/mol. The van der Waals surface area contributed by atoms with E-state index in [9.17, 15) is 4.79 Å². The maximum Gasteiger partial charge on any atom is 0.205 e. The van der Waals surface area contributed by atoms with Crippen LogP contribution >= 0.6 is 0 Å². The molecule has 1 aromatic rings. The van der Waals surface area contributed by atoms with Gasteiger partial charge in [-0.1, -0.05) is 42.4 Å². The molecule has 1 aromatic carbocycles. The van der Waals surface area contributed by atoms with E-state index in [1.54, 1.807) is 12.1 Å². The molecule has 1 rings (SSSR count). The Kier molecular flexibility index (Phi) is 4.81. The van der Waals surface area contributed by atoms with Crippen LogP contribution in [0, 0.1) is 11.8 Å². The van der Waals surface area contributed by atoms with E-state index in [0.717, 1.165) is 6.42 Å². The quantitative estimate of drug-likeness (QED) is 0.276. The lowest BCUT2D eigenvalue weighted by Crippen LogP contribution is -1.99. The molecular weight excluding hydrogens is 202 g/mol. The highest BCUT2D eigenvalue weighted by Gasteiger charge is 2.00. The van der Waals surface area contributed by atoms with E-state index in [1.807, 2.05) is 25.1 Å². The molecule has 0 aliphatic heterocycles. The molecule has 0 saturated heterocycles. The summed E-state index contributed by atoms with van der Waals surface area (Å²) in [5.41, 5.74) is 0.909. The normalized spacial score (nSPS) is 10.4. The Hall–Kier alpha value is -2.08. The number of Topliss-reactive ketones (excluding diaryl/α,β-unsaturated/α-hetero) is 1. The third-order valence-corrected chi connectivity index (χ3v) is 1.94. The zero-order chi connectivity index (χ0) is 11.8. The SMILES string of the molecule is CCCC(=O)C#C/C(=N\O)c1ccccc1. The Labute approximate surface area is 94.8 Å². The molecule has 0 bridgehead atoms. The van der Waals surface area contributed by atoms with Gasteiger partial charge in [-0.15, -0.1) is 0 Å². The number of ketones is 1. The van der Waals surface area contributed by atoms with Crippen molar-refractivity contribution in [3.05, 3.63) is 35.9 Å². The molecule has 82 valence electrons. The first-order valence-electron chi connectivity index (χ1n) is 5.10.